The van der Waals surface area contributed by atoms with Gasteiger partial charge in [0.15, 0.2) is 0 Å². The fourth-order valence-electron chi connectivity index (χ4n) is 9.19. The summed E-state index contributed by atoms with van der Waals surface area (Å²) >= 11 is 0. The van der Waals surface area contributed by atoms with Gasteiger partial charge < -0.3 is 24.8 Å². The molecule has 57 heavy (non-hydrogen) atoms. The summed E-state index contributed by atoms with van der Waals surface area (Å²) in [6, 6.07) is 44.6. The first-order valence-corrected chi connectivity index (χ1v) is 19.5. The number of hydrogen-bond donors (Lipinski definition) is 0. The maximum atomic E-state index is 2.50. The van der Waals surface area contributed by atoms with Gasteiger partial charge in [-0.3, -0.25) is 0 Å². The molecule has 1 aliphatic rings. The van der Waals surface area contributed by atoms with E-state index in [1.54, 1.807) is 0 Å². The van der Waals surface area contributed by atoms with E-state index in [1.165, 1.54) is 98.8 Å². The molecule has 0 saturated heterocycles. The Morgan fingerprint density at radius 3 is 1.46 bits per heavy atom. The molecule has 1 aliphatic carbocycles. The number of fused-ring (bicyclic) bond motifs is 3. The Hall–Kier alpha value is -4.13. The predicted molar refractivity (Wildman–Crippen MR) is 236 cm³/mol. The van der Waals surface area contributed by atoms with Gasteiger partial charge in [-0.05, 0) is 75.6 Å². The minimum atomic E-state index is -0.0896. The van der Waals surface area contributed by atoms with Crippen LogP contribution in [-0.4, -0.2) is 0 Å². The van der Waals surface area contributed by atoms with Crippen molar-refractivity contribution >= 4 is 39.3 Å². The SMILES string of the molecule is Cc1cc2[cH-]c3c(C4=CC=CC4)c(C)c(C(C)(C)C)c(=Cc4ccc(-c5ccccc5)cc4)c3c2c(=Cc2ccc(-c3ccccc3)cc2)c1C(C)(C)C.[Cl-].[Cl-].[Zr+3]. The molecule has 0 heterocycles. The molecule has 0 N–H and O–H groups in total. The van der Waals surface area contributed by atoms with Gasteiger partial charge in [0.05, 0.1) is 0 Å². The van der Waals surface area contributed by atoms with Crippen LogP contribution in [0.25, 0.3) is 61.5 Å². The number of allylic oxidation sites excluding steroid dienone is 4. The van der Waals surface area contributed by atoms with E-state index < -0.39 is 0 Å². The second-order valence-corrected chi connectivity index (χ2v) is 17.3. The molecule has 0 spiro atoms. The Morgan fingerprint density at radius 1 is 0.561 bits per heavy atom. The van der Waals surface area contributed by atoms with Crippen molar-refractivity contribution in [3.8, 4) is 22.3 Å². The van der Waals surface area contributed by atoms with E-state index in [4.69, 9.17) is 0 Å². The van der Waals surface area contributed by atoms with Crippen molar-refractivity contribution < 1.29 is 51.0 Å². The summed E-state index contributed by atoms with van der Waals surface area (Å²) in [6.45, 7) is 19.0. The predicted octanol–water partition coefficient (Wildman–Crippen LogP) is 7.26. The molecule has 0 nitrogen and oxygen atoms in total. The van der Waals surface area contributed by atoms with Gasteiger partial charge in [-0.2, -0.15) is 0 Å². The molecule has 0 fully saturated rings. The second-order valence-electron chi connectivity index (χ2n) is 17.3. The summed E-state index contributed by atoms with van der Waals surface area (Å²) in [4.78, 5) is 0. The summed E-state index contributed by atoms with van der Waals surface area (Å²) in [5.41, 5.74) is 15.6. The molecule has 0 aliphatic heterocycles. The minimum Gasteiger partial charge on any atom is -1.00 e. The Bertz CT molecular complexity index is 2720. The van der Waals surface area contributed by atoms with Crippen LogP contribution in [0.1, 0.15) is 86.9 Å². The molecule has 3 heteroatoms. The number of hydrogen-bond acceptors (Lipinski definition) is 0. The summed E-state index contributed by atoms with van der Waals surface area (Å²) in [7, 11) is 0. The minimum absolute atomic E-state index is 0. The molecule has 8 rings (SSSR count). The van der Waals surface area contributed by atoms with Crippen molar-refractivity contribution in [2.45, 2.75) is 72.6 Å². The standard InChI is InChI=1S/C54H51.2ClH.Zr/c1-35-31-44-34-45-48(43-21-15-16-22-43)36(2)52(54(6,7)8)47(33-38-25-29-42(30-26-38)40-19-13-10-14-20-40)50(45)49(44)46(51(35)53(3,4)5)32-37-23-27-41(28-24-37)39-17-11-9-12-18-39;;;/h9-21,23-34H,22H2,1-8H3;2*1H;/q-1;;;+3/p-2. The maximum absolute atomic E-state index is 2.50. The Kier molecular flexibility index (Phi) is 13.4. The largest absolute Gasteiger partial charge is 3.00 e. The first-order valence-electron chi connectivity index (χ1n) is 19.5. The van der Waals surface area contributed by atoms with Crippen LogP contribution >= 0.6 is 0 Å². The van der Waals surface area contributed by atoms with Gasteiger partial charge in [0, 0.05) is 0 Å². The van der Waals surface area contributed by atoms with Gasteiger partial charge >= 0.3 is 26.2 Å². The van der Waals surface area contributed by atoms with E-state index in [1.807, 2.05) is 0 Å². The smallest absolute Gasteiger partial charge is 1.00 e. The van der Waals surface area contributed by atoms with E-state index in [-0.39, 0.29) is 61.8 Å². The van der Waals surface area contributed by atoms with Crippen molar-refractivity contribution in [2.75, 3.05) is 0 Å². The summed E-state index contributed by atoms with van der Waals surface area (Å²) in [6.07, 6.45) is 12.8. The zero-order valence-electron chi connectivity index (χ0n) is 34.4. The zero-order valence-corrected chi connectivity index (χ0v) is 38.4. The van der Waals surface area contributed by atoms with Crippen LogP contribution < -0.4 is 35.3 Å². The Morgan fingerprint density at radius 2 is 1.02 bits per heavy atom. The van der Waals surface area contributed by atoms with Crippen LogP contribution in [0, 0.1) is 13.8 Å². The fourth-order valence-corrected chi connectivity index (χ4v) is 9.19. The number of rotatable bonds is 5. The normalized spacial score (nSPS) is 13.4. The van der Waals surface area contributed by atoms with Gasteiger partial charge in [0.25, 0.3) is 0 Å². The van der Waals surface area contributed by atoms with E-state index in [2.05, 4.69) is 207 Å². The first-order chi connectivity index (χ1) is 25.9. The van der Waals surface area contributed by atoms with Crippen LogP contribution in [0.5, 0.6) is 0 Å². The molecule has 0 amide bonds. The van der Waals surface area contributed by atoms with Crippen LogP contribution in [0.3, 0.4) is 0 Å². The van der Waals surface area contributed by atoms with E-state index >= 15 is 0 Å². The maximum Gasteiger partial charge on any atom is 3.00 e. The van der Waals surface area contributed by atoms with Crippen molar-refractivity contribution in [1.82, 2.24) is 0 Å². The number of aryl methyl sites for hydroxylation is 1. The first kappa shape index (κ1) is 44.0. The average Bonchev–Trinajstić information content (AvgIpc) is 3.81. The molecule has 0 saturated carbocycles. The van der Waals surface area contributed by atoms with Crippen molar-refractivity contribution in [1.29, 1.82) is 0 Å². The van der Waals surface area contributed by atoms with Crippen LogP contribution in [-0.2, 0) is 37.0 Å². The molecular weight excluding hydrogens is 811 g/mol. The molecule has 7 aromatic carbocycles. The van der Waals surface area contributed by atoms with Gasteiger partial charge in [-0.15, -0.1) is 33.7 Å². The van der Waals surface area contributed by atoms with Crippen LogP contribution in [0.4, 0.5) is 0 Å². The summed E-state index contributed by atoms with van der Waals surface area (Å²) < 4.78 is 0. The van der Waals surface area contributed by atoms with Crippen LogP contribution in [0.2, 0.25) is 0 Å². The monoisotopic (exact) mass is 859 g/mol. The van der Waals surface area contributed by atoms with Crippen molar-refractivity contribution in [2.24, 2.45) is 0 Å². The molecular formula is C54H51Cl2Zr. The number of halogens is 2. The Labute approximate surface area is 371 Å². The van der Waals surface area contributed by atoms with Crippen LogP contribution in [0.15, 0.2) is 140 Å². The third kappa shape index (κ3) is 8.55. The van der Waals surface area contributed by atoms with Crippen molar-refractivity contribution in [3.63, 3.8) is 0 Å². The molecule has 0 atom stereocenters. The van der Waals surface area contributed by atoms with E-state index in [0.29, 0.717) is 0 Å². The van der Waals surface area contributed by atoms with Crippen molar-refractivity contribution in [3.05, 3.63) is 189 Å². The zero-order chi connectivity index (χ0) is 37.8. The van der Waals surface area contributed by atoms with E-state index in [9.17, 15) is 0 Å². The molecule has 0 bridgehead atoms. The topological polar surface area (TPSA) is 0 Å². The molecule has 7 aromatic rings. The van der Waals surface area contributed by atoms with Gasteiger partial charge in [0.1, 0.15) is 0 Å². The molecule has 0 aromatic heterocycles. The average molecular weight is 862 g/mol. The molecule has 1 radical (unpaired) electrons. The van der Waals surface area contributed by atoms with Gasteiger partial charge in [-0.25, -0.2) is 0 Å². The van der Waals surface area contributed by atoms with E-state index in [0.717, 1.165) is 6.42 Å². The molecule has 0 unspecified atom stereocenters. The summed E-state index contributed by atoms with van der Waals surface area (Å²) in [5.74, 6) is 0. The quantitative estimate of drug-likeness (QED) is 0.160. The molecule has 285 valence electrons. The fraction of sp³-hybridized carbons (Fsp3) is 0.204. The Balaban J connectivity index is 0.00000207. The third-order valence-electron chi connectivity index (χ3n) is 11.2. The second kappa shape index (κ2) is 17.4. The third-order valence-corrected chi connectivity index (χ3v) is 11.2. The van der Waals surface area contributed by atoms with Gasteiger partial charge in [0.2, 0.25) is 0 Å². The number of benzene rings is 6. The van der Waals surface area contributed by atoms with Gasteiger partial charge in [-0.1, -0.05) is 214 Å². The summed E-state index contributed by atoms with van der Waals surface area (Å²) in [5, 5.41) is 8.08.